The predicted molar refractivity (Wildman–Crippen MR) is 92.1 cm³/mol. The molecule has 1 atom stereocenters. The minimum absolute atomic E-state index is 0.193. The molecular weight excluding hydrogens is 344 g/mol. The fourth-order valence-corrected chi connectivity index (χ4v) is 3.25. The summed E-state index contributed by atoms with van der Waals surface area (Å²) < 4.78 is 10.6. The van der Waals surface area contributed by atoms with Crippen LogP contribution in [-0.4, -0.2) is 34.8 Å². The zero-order valence-electron chi connectivity index (χ0n) is 13.7. The molecule has 1 aliphatic heterocycles. The van der Waals surface area contributed by atoms with Crippen molar-refractivity contribution < 1.29 is 24.2 Å². The van der Waals surface area contributed by atoms with Crippen molar-refractivity contribution in [2.75, 3.05) is 6.79 Å². The number of unbranched alkanes of at least 4 members (excludes halogenated alkanes) is 1. The van der Waals surface area contributed by atoms with Gasteiger partial charge in [-0.1, -0.05) is 19.8 Å². The average Bonchev–Trinajstić information content (AvgIpc) is 3.26. The minimum Gasteiger partial charge on any atom is -0.480 e. The van der Waals surface area contributed by atoms with Crippen LogP contribution >= 0.6 is 11.3 Å². The molecule has 0 bridgehead atoms. The number of nitrogens with one attached hydrogen (secondary N) is 1. The topological polar surface area (TPSA) is 97.8 Å². The first-order valence-electron chi connectivity index (χ1n) is 7.98. The highest BCUT2D eigenvalue weighted by molar-refractivity contribution is 7.16. The number of aliphatic carboxylic acids is 1. The summed E-state index contributed by atoms with van der Waals surface area (Å²) in [7, 11) is 0. The number of rotatable bonds is 7. The van der Waals surface area contributed by atoms with E-state index in [2.05, 4.69) is 10.3 Å². The Balaban J connectivity index is 1.72. The van der Waals surface area contributed by atoms with Crippen LogP contribution in [0.3, 0.4) is 0 Å². The predicted octanol–water partition coefficient (Wildman–Crippen LogP) is 2.91. The van der Waals surface area contributed by atoms with E-state index >= 15 is 0 Å². The van der Waals surface area contributed by atoms with Gasteiger partial charge in [-0.2, -0.15) is 0 Å². The molecule has 0 spiro atoms. The Kier molecular flexibility index (Phi) is 5.18. The van der Waals surface area contributed by atoms with E-state index in [1.54, 1.807) is 6.07 Å². The molecule has 0 unspecified atom stereocenters. The smallest absolute Gasteiger partial charge is 0.326 e. The van der Waals surface area contributed by atoms with Crippen molar-refractivity contribution in [3.63, 3.8) is 0 Å². The van der Waals surface area contributed by atoms with Crippen molar-refractivity contribution in [3.05, 3.63) is 29.3 Å². The van der Waals surface area contributed by atoms with E-state index in [0.717, 1.165) is 18.4 Å². The summed E-state index contributed by atoms with van der Waals surface area (Å²) in [6.07, 6.45) is 3.47. The average molecular weight is 362 g/mol. The van der Waals surface area contributed by atoms with E-state index in [1.807, 2.05) is 19.1 Å². The van der Waals surface area contributed by atoms with Gasteiger partial charge in [-0.25, -0.2) is 9.78 Å². The van der Waals surface area contributed by atoms with Gasteiger partial charge in [-0.3, -0.25) is 4.79 Å². The zero-order chi connectivity index (χ0) is 17.8. The number of fused-ring (bicyclic) bond motifs is 1. The second-order valence-electron chi connectivity index (χ2n) is 5.60. The lowest BCUT2D eigenvalue weighted by Crippen LogP contribution is -2.40. The molecule has 0 radical (unpaired) electrons. The van der Waals surface area contributed by atoms with Crippen molar-refractivity contribution in [2.45, 2.75) is 32.2 Å². The largest absolute Gasteiger partial charge is 0.480 e. The van der Waals surface area contributed by atoms with Crippen LogP contribution in [0.1, 0.15) is 35.9 Å². The first kappa shape index (κ1) is 17.2. The maximum absolute atomic E-state index is 12.3. The SMILES string of the molecule is CCCC[C@H](NC(=O)c1cnc(-c2ccc3c(c2)OCO3)s1)C(=O)O. The van der Waals surface area contributed by atoms with Crippen LogP contribution in [0.25, 0.3) is 10.6 Å². The minimum atomic E-state index is -1.03. The van der Waals surface area contributed by atoms with Crippen LogP contribution in [0.2, 0.25) is 0 Å². The number of nitrogens with zero attached hydrogens (tertiary/aromatic N) is 1. The molecule has 0 saturated heterocycles. The highest BCUT2D eigenvalue weighted by Crippen LogP contribution is 2.36. The van der Waals surface area contributed by atoms with Crippen LogP contribution in [-0.2, 0) is 4.79 Å². The third kappa shape index (κ3) is 3.90. The number of aromatic nitrogens is 1. The molecule has 2 heterocycles. The number of carboxylic acids is 1. The van der Waals surface area contributed by atoms with Crippen LogP contribution in [0.15, 0.2) is 24.4 Å². The summed E-state index contributed by atoms with van der Waals surface area (Å²) in [5.41, 5.74) is 0.814. The van der Waals surface area contributed by atoms with Crippen molar-refractivity contribution in [3.8, 4) is 22.1 Å². The van der Waals surface area contributed by atoms with Gasteiger partial charge in [0.05, 0.1) is 6.20 Å². The van der Waals surface area contributed by atoms with Crippen LogP contribution in [0.5, 0.6) is 11.5 Å². The van der Waals surface area contributed by atoms with Gasteiger partial charge >= 0.3 is 5.97 Å². The number of carbonyl (C=O) groups is 2. The molecule has 25 heavy (non-hydrogen) atoms. The molecule has 2 N–H and O–H groups in total. The number of hydrogen-bond donors (Lipinski definition) is 2. The third-order valence-corrected chi connectivity index (χ3v) is 4.84. The van der Waals surface area contributed by atoms with Crippen molar-refractivity contribution >= 4 is 23.2 Å². The first-order chi connectivity index (χ1) is 12.1. The Labute approximate surface area is 148 Å². The van der Waals surface area contributed by atoms with E-state index in [1.165, 1.54) is 17.5 Å². The van der Waals surface area contributed by atoms with E-state index < -0.39 is 17.9 Å². The molecule has 0 aliphatic carbocycles. The Morgan fingerprint density at radius 1 is 1.36 bits per heavy atom. The van der Waals surface area contributed by atoms with Crippen molar-refractivity contribution in [2.24, 2.45) is 0 Å². The fourth-order valence-electron chi connectivity index (χ4n) is 2.44. The fraction of sp³-hybridized carbons (Fsp3) is 0.353. The van der Waals surface area contributed by atoms with Crippen LogP contribution < -0.4 is 14.8 Å². The quantitative estimate of drug-likeness (QED) is 0.786. The molecule has 1 aliphatic rings. The molecule has 132 valence electrons. The van der Waals surface area contributed by atoms with Gasteiger partial charge < -0.3 is 19.9 Å². The van der Waals surface area contributed by atoms with E-state index in [0.29, 0.717) is 27.8 Å². The van der Waals surface area contributed by atoms with E-state index in [-0.39, 0.29) is 6.79 Å². The Morgan fingerprint density at radius 3 is 2.92 bits per heavy atom. The normalized spacial score (nSPS) is 13.5. The lowest BCUT2D eigenvalue weighted by Gasteiger charge is -2.12. The van der Waals surface area contributed by atoms with Crippen molar-refractivity contribution in [1.29, 1.82) is 0 Å². The molecule has 0 saturated carbocycles. The number of ether oxygens (including phenoxy) is 2. The molecule has 2 aromatic rings. The number of carboxylic acid groups (broad SMARTS) is 1. The van der Waals surface area contributed by atoms with Gasteiger partial charge in [-0.05, 0) is 24.6 Å². The summed E-state index contributed by atoms with van der Waals surface area (Å²) in [6.45, 7) is 2.17. The van der Waals surface area contributed by atoms with Gasteiger partial charge in [0.2, 0.25) is 6.79 Å². The summed E-state index contributed by atoms with van der Waals surface area (Å²) in [4.78, 5) is 28.2. The van der Waals surface area contributed by atoms with Gasteiger partial charge in [-0.15, -0.1) is 11.3 Å². The molecule has 1 aromatic carbocycles. The number of amides is 1. The summed E-state index contributed by atoms with van der Waals surface area (Å²) in [5.74, 6) is -0.127. The first-order valence-corrected chi connectivity index (χ1v) is 8.79. The zero-order valence-corrected chi connectivity index (χ0v) is 14.5. The van der Waals surface area contributed by atoms with Crippen molar-refractivity contribution in [1.82, 2.24) is 10.3 Å². The number of thiazole rings is 1. The highest BCUT2D eigenvalue weighted by atomic mass is 32.1. The molecule has 1 amide bonds. The van der Waals surface area contributed by atoms with Crippen LogP contribution in [0, 0.1) is 0 Å². The monoisotopic (exact) mass is 362 g/mol. The molecular formula is C17H18N2O5S. The lowest BCUT2D eigenvalue weighted by molar-refractivity contribution is -0.139. The van der Waals surface area contributed by atoms with Gasteiger partial charge in [0, 0.05) is 5.56 Å². The van der Waals surface area contributed by atoms with Gasteiger partial charge in [0.25, 0.3) is 5.91 Å². The number of carbonyl (C=O) groups excluding carboxylic acids is 1. The summed E-state index contributed by atoms with van der Waals surface area (Å²) in [5, 5.41) is 12.4. The van der Waals surface area contributed by atoms with Gasteiger partial charge in [0.15, 0.2) is 11.5 Å². The maximum atomic E-state index is 12.3. The highest BCUT2D eigenvalue weighted by Gasteiger charge is 2.22. The maximum Gasteiger partial charge on any atom is 0.326 e. The van der Waals surface area contributed by atoms with Crippen LogP contribution in [0.4, 0.5) is 0 Å². The molecule has 3 rings (SSSR count). The number of hydrogen-bond acceptors (Lipinski definition) is 6. The standard InChI is InChI=1S/C17H18N2O5S/c1-2-3-4-11(17(21)22)19-15(20)14-8-18-16(25-14)10-5-6-12-13(7-10)24-9-23-12/h5-8,11H,2-4,9H2,1H3,(H,19,20)(H,21,22)/t11-/m0/s1. The third-order valence-electron chi connectivity index (χ3n) is 3.80. The Bertz CT molecular complexity index is 789. The van der Waals surface area contributed by atoms with E-state index in [9.17, 15) is 14.7 Å². The molecule has 0 fully saturated rings. The Morgan fingerprint density at radius 2 is 2.16 bits per heavy atom. The second-order valence-corrected chi connectivity index (χ2v) is 6.63. The second kappa shape index (κ2) is 7.52. The lowest BCUT2D eigenvalue weighted by atomic mass is 10.1. The Hall–Kier alpha value is -2.61. The molecule has 1 aromatic heterocycles. The van der Waals surface area contributed by atoms with Gasteiger partial charge in [0.1, 0.15) is 15.9 Å². The molecule has 8 heteroatoms. The number of benzene rings is 1. The summed E-state index contributed by atoms with van der Waals surface area (Å²) in [6, 6.07) is 4.56. The van der Waals surface area contributed by atoms with E-state index in [4.69, 9.17) is 9.47 Å². The molecule has 7 nitrogen and oxygen atoms in total. The summed E-state index contributed by atoms with van der Waals surface area (Å²) >= 11 is 1.20.